The zero-order chi connectivity index (χ0) is 23.0. The number of halogens is 1. The predicted octanol–water partition coefficient (Wildman–Crippen LogP) is 2.96. The van der Waals surface area contributed by atoms with E-state index in [0.717, 1.165) is 48.1 Å². The normalized spacial score (nSPS) is 19.3. The van der Waals surface area contributed by atoms with Gasteiger partial charge in [-0.05, 0) is 43.9 Å². The van der Waals surface area contributed by atoms with E-state index in [4.69, 9.17) is 9.72 Å². The number of hydrogen-bond acceptors (Lipinski definition) is 7. The Hall–Kier alpha value is -3.62. The molecule has 0 aromatic carbocycles. The molecule has 1 fully saturated rings. The highest BCUT2D eigenvalue weighted by Crippen LogP contribution is 2.38. The smallest absolute Gasteiger partial charge is 0.227 e. The van der Waals surface area contributed by atoms with Crippen molar-refractivity contribution in [1.82, 2.24) is 24.8 Å². The number of nitrogens with zero attached hydrogens (tertiary/aromatic N) is 5. The number of amides is 1. The number of fused-ring (bicyclic) bond motifs is 1. The highest BCUT2D eigenvalue weighted by molar-refractivity contribution is 5.79. The first-order valence-corrected chi connectivity index (χ1v) is 11.0. The Morgan fingerprint density at radius 1 is 1.24 bits per heavy atom. The monoisotopic (exact) mass is 448 g/mol. The van der Waals surface area contributed by atoms with E-state index >= 15 is 0 Å². The maximum absolute atomic E-state index is 14.1. The highest BCUT2D eigenvalue weighted by atomic mass is 19.1. The van der Waals surface area contributed by atoms with Gasteiger partial charge in [0, 0.05) is 42.7 Å². The minimum absolute atomic E-state index is 0.0187. The van der Waals surface area contributed by atoms with E-state index < -0.39 is 5.82 Å². The van der Waals surface area contributed by atoms with Crippen molar-refractivity contribution in [2.24, 2.45) is 0 Å². The molecule has 1 atom stereocenters. The molecule has 3 aromatic heterocycles. The van der Waals surface area contributed by atoms with E-state index in [1.807, 2.05) is 11.8 Å². The van der Waals surface area contributed by atoms with Gasteiger partial charge in [-0.1, -0.05) is 0 Å². The van der Waals surface area contributed by atoms with Crippen LogP contribution < -0.4 is 10.1 Å². The third kappa shape index (κ3) is 4.10. The second-order valence-corrected chi connectivity index (χ2v) is 8.67. The number of ether oxygens (including phenoxy) is 1. The predicted molar refractivity (Wildman–Crippen MR) is 120 cm³/mol. The average molecular weight is 449 g/mol. The molecule has 2 aliphatic rings. The second kappa shape index (κ2) is 8.38. The molecule has 5 heterocycles. The van der Waals surface area contributed by atoms with Gasteiger partial charge in [-0.15, -0.1) is 0 Å². The molecule has 5 rings (SSSR count). The molecular formula is C24H25FN6O2. The molecule has 170 valence electrons. The van der Waals surface area contributed by atoms with Crippen molar-refractivity contribution in [1.29, 1.82) is 0 Å². The fourth-order valence-corrected chi connectivity index (χ4v) is 4.67. The van der Waals surface area contributed by atoms with Crippen LogP contribution >= 0.6 is 0 Å². The van der Waals surface area contributed by atoms with Crippen LogP contribution in [0.1, 0.15) is 29.7 Å². The van der Waals surface area contributed by atoms with Gasteiger partial charge >= 0.3 is 0 Å². The number of pyridine rings is 2. The number of carbonyl (C=O) groups excluding carboxylic acids is 1. The highest BCUT2D eigenvalue weighted by Gasteiger charge is 2.42. The van der Waals surface area contributed by atoms with Crippen molar-refractivity contribution in [2.45, 2.75) is 38.1 Å². The minimum atomic E-state index is -0.499. The van der Waals surface area contributed by atoms with Gasteiger partial charge in [0.25, 0.3) is 0 Å². The van der Waals surface area contributed by atoms with Crippen LogP contribution in [0.4, 0.5) is 10.2 Å². The molecule has 1 spiro atoms. The molecule has 3 aromatic rings. The summed E-state index contributed by atoms with van der Waals surface area (Å²) in [4.78, 5) is 32.1. The molecule has 0 saturated carbocycles. The molecule has 0 aliphatic carbocycles. The Morgan fingerprint density at radius 3 is 2.85 bits per heavy atom. The van der Waals surface area contributed by atoms with Gasteiger partial charge in [-0.25, -0.2) is 24.3 Å². The quantitative estimate of drug-likeness (QED) is 0.656. The Labute approximate surface area is 191 Å². The fourth-order valence-electron chi connectivity index (χ4n) is 4.67. The number of nitrogens with one attached hydrogen (secondary N) is 1. The molecule has 8 nitrogen and oxygen atoms in total. The molecule has 0 bridgehead atoms. The maximum atomic E-state index is 14.1. The number of rotatable bonds is 4. The third-order valence-electron chi connectivity index (χ3n) is 6.52. The van der Waals surface area contributed by atoms with E-state index in [-0.39, 0.29) is 17.9 Å². The van der Waals surface area contributed by atoms with Crippen LogP contribution in [0.2, 0.25) is 0 Å². The van der Waals surface area contributed by atoms with Crippen LogP contribution in [-0.2, 0) is 17.6 Å². The Morgan fingerprint density at radius 2 is 2.06 bits per heavy atom. The number of likely N-dealkylation sites (tertiary alicyclic amines) is 1. The Balaban J connectivity index is 1.31. The average Bonchev–Trinajstić information content (AvgIpc) is 3.24. The van der Waals surface area contributed by atoms with Gasteiger partial charge in [0.1, 0.15) is 11.6 Å². The first kappa shape index (κ1) is 21.2. The van der Waals surface area contributed by atoms with Crippen LogP contribution in [0.3, 0.4) is 0 Å². The van der Waals surface area contributed by atoms with Crippen LogP contribution in [0.25, 0.3) is 11.4 Å². The lowest BCUT2D eigenvalue weighted by Gasteiger charge is -2.36. The molecule has 1 amide bonds. The van der Waals surface area contributed by atoms with Gasteiger partial charge in [0.05, 0.1) is 31.0 Å². The summed E-state index contributed by atoms with van der Waals surface area (Å²) < 4.78 is 19.2. The Bertz CT molecular complexity index is 1210. The van der Waals surface area contributed by atoms with Crippen molar-refractivity contribution in [3.05, 3.63) is 59.4 Å². The summed E-state index contributed by atoms with van der Waals surface area (Å²) in [5, 5.41) is 3.62. The maximum Gasteiger partial charge on any atom is 0.227 e. The molecule has 33 heavy (non-hydrogen) atoms. The van der Waals surface area contributed by atoms with Gasteiger partial charge in [0.15, 0.2) is 5.82 Å². The molecule has 9 heteroatoms. The van der Waals surface area contributed by atoms with Crippen LogP contribution in [0, 0.1) is 12.7 Å². The summed E-state index contributed by atoms with van der Waals surface area (Å²) in [5.74, 6) is 1.22. The van der Waals surface area contributed by atoms with Crippen LogP contribution in [-0.4, -0.2) is 56.5 Å². The molecule has 0 radical (unpaired) electrons. The van der Waals surface area contributed by atoms with Crippen LogP contribution in [0.15, 0.2) is 36.8 Å². The largest absolute Gasteiger partial charge is 0.481 e. The topological polar surface area (TPSA) is 93.1 Å². The van der Waals surface area contributed by atoms with Gasteiger partial charge in [-0.3, -0.25) is 4.79 Å². The number of methoxy groups -OCH3 is 1. The van der Waals surface area contributed by atoms with Crippen molar-refractivity contribution in [3.8, 4) is 17.3 Å². The first-order chi connectivity index (χ1) is 16.0. The molecule has 1 N–H and O–H groups in total. The molecular weight excluding hydrogens is 423 g/mol. The summed E-state index contributed by atoms with van der Waals surface area (Å²) in [6.07, 6.45) is 7.10. The number of anilines is 1. The summed E-state index contributed by atoms with van der Waals surface area (Å²) in [6.45, 7) is 3.15. The number of aromatic nitrogens is 4. The van der Waals surface area contributed by atoms with Gasteiger partial charge in [0.2, 0.25) is 11.8 Å². The van der Waals surface area contributed by atoms with Crippen molar-refractivity contribution >= 4 is 11.7 Å². The zero-order valence-electron chi connectivity index (χ0n) is 18.6. The lowest BCUT2D eigenvalue weighted by atomic mass is 9.86. The zero-order valence-corrected chi connectivity index (χ0v) is 18.6. The fraction of sp³-hybridized carbons (Fsp3) is 0.375. The standard InChI is InChI=1S/C24H25FN6O2/c1-15-18(23-26-7-3-8-27-23)10-16-4-5-24(30-22(16)29-15)6-9-31(14-24)21(32)12-17-11-20(33-2)28-13-19(17)25/h3,7-8,10-11,13H,4-6,9,12,14H2,1-2H3,(H,29,30)/t24-/m0/s1. The van der Waals surface area contributed by atoms with Crippen molar-refractivity contribution in [3.63, 3.8) is 0 Å². The van der Waals surface area contributed by atoms with E-state index in [1.54, 1.807) is 18.5 Å². The van der Waals surface area contributed by atoms with Crippen molar-refractivity contribution < 1.29 is 13.9 Å². The number of aryl methyl sites for hydroxylation is 2. The molecule has 0 unspecified atom stereocenters. The lowest BCUT2D eigenvalue weighted by molar-refractivity contribution is -0.129. The van der Waals surface area contributed by atoms with Gasteiger partial charge < -0.3 is 15.0 Å². The second-order valence-electron chi connectivity index (χ2n) is 8.67. The summed E-state index contributed by atoms with van der Waals surface area (Å²) >= 11 is 0. The van der Waals surface area contributed by atoms with E-state index in [2.05, 4.69) is 26.3 Å². The van der Waals surface area contributed by atoms with E-state index in [0.29, 0.717) is 30.4 Å². The molecule has 1 saturated heterocycles. The van der Waals surface area contributed by atoms with Crippen molar-refractivity contribution in [2.75, 3.05) is 25.5 Å². The van der Waals surface area contributed by atoms with E-state index in [9.17, 15) is 9.18 Å². The minimum Gasteiger partial charge on any atom is -0.481 e. The van der Waals surface area contributed by atoms with Gasteiger partial charge in [-0.2, -0.15) is 0 Å². The lowest BCUT2D eigenvalue weighted by Crippen LogP contribution is -2.45. The first-order valence-electron chi connectivity index (χ1n) is 11.0. The van der Waals surface area contributed by atoms with E-state index in [1.165, 1.54) is 13.2 Å². The third-order valence-corrected chi connectivity index (χ3v) is 6.52. The summed E-state index contributed by atoms with van der Waals surface area (Å²) in [7, 11) is 1.47. The summed E-state index contributed by atoms with van der Waals surface area (Å²) in [5.41, 5.74) is 3.00. The van der Waals surface area contributed by atoms with Crippen LogP contribution in [0.5, 0.6) is 5.88 Å². The SMILES string of the molecule is COc1cc(CC(=O)N2CC[C@@]3(CCc4cc(-c5ncccn5)c(C)nc4N3)C2)c(F)cn1. The number of carbonyl (C=O) groups is 1. The summed E-state index contributed by atoms with van der Waals surface area (Å²) in [6, 6.07) is 5.39. The Kier molecular flexibility index (Phi) is 5.39. The number of hydrogen-bond donors (Lipinski definition) is 1. The molecule has 2 aliphatic heterocycles.